The van der Waals surface area contributed by atoms with Crippen LogP contribution in [0.4, 0.5) is 0 Å². The fraction of sp³-hybridized carbons (Fsp3) is 0.318. The van der Waals surface area contributed by atoms with E-state index < -0.39 is 0 Å². The molecule has 2 aromatic carbocycles. The topological polar surface area (TPSA) is 42.3 Å². The Balaban J connectivity index is 0.00000225. The lowest BCUT2D eigenvalue weighted by Crippen LogP contribution is -2.45. The Hall–Kier alpha value is -2.34. The fourth-order valence-electron chi connectivity index (χ4n) is 3.77. The van der Waals surface area contributed by atoms with E-state index in [1.54, 1.807) is 7.11 Å². The molecule has 1 unspecified atom stereocenters. The normalized spacial score (nSPS) is 17.1. The van der Waals surface area contributed by atoms with Crippen LogP contribution in [0.3, 0.4) is 0 Å². The molecular weight excluding hydrogens is 372 g/mol. The van der Waals surface area contributed by atoms with Gasteiger partial charge in [-0.25, -0.2) is 4.68 Å². The molecule has 1 N–H and O–H groups in total. The highest BCUT2D eigenvalue weighted by atomic mass is 35.5. The summed E-state index contributed by atoms with van der Waals surface area (Å²) in [6.45, 7) is 5.89. The zero-order valence-electron chi connectivity index (χ0n) is 16.3. The third-order valence-corrected chi connectivity index (χ3v) is 5.25. The van der Waals surface area contributed by atoms with Crippen molar-refractivity contribution in [3.05, 3.63) is 77.6 Å². The molecule has 148 valence electrons. The van der Waals surface area contributed by atoms with E-state index in [1.165, 1.54) is 11.1 Å². The number of aromatic nitrogens is 2. The van der Waals surface area contributed by atoms with Crippen molar-refractivity contribution in [3.8, 4) is 11.4 Å². The fourth-order valence-corrected chi connectivity index (χ4v) is 3.77. The molecule has 1 atom stereocenters. The highest BCUT2D eigenvalue weighted by molar-refractivity contribution is 5.85. The second-order valence-electron chi connectivity index (χ2n) is 6.95. The average Bonchev–Trinajstić information content (AvgIpc) is 3.09. The number of benzene rings is 2. The lowest BCUT2D eigenvalue weighted by molar-refractivity contribution is 0.151. The van der Waals surface area contributed by atoms with Gasteiger partial charge in [-0.3, -0.25) is 4.90 Å². The highest BCUT2D eigenvalue weighted by Gasteiger charge is 2.27. The largest absolute Gasteiger partial charge is 0.496 e. The van der Waals surface area contributed by atoms with E-state index in [0.29, 0.717) is 0 Å². The Morgan fingerprint density at radius 1 is 1.11 bits per heavy atom. The third kappa shape index (κ3) is 4.22. The summed E-state index contributed by atoms with van der Waals surface area (Å²) in [4.78, 5) is 2.52. The molecule has 4 rings (SSSR count). The van der Waals surface area contributed by atoms with Crippen LogP contribution in [0.1, 0.15) is 22.9 Å². The molecule has 1 saturated heterocycles. The number of hydrogen-bond donors (Lipinski definition) is 1. The maximum atomic E-state index is 5.61. The monoisotopic (exact) mass is 398 g/mol. The number of nitrogens with one attached hydrogen (secondary N) is 1. The van der Waals surface area contributed by atoms with Crippen LogP contribution in [-0.4, -0.2) is 41.4 Å². The molecule has 0 saturated carbocycles. The number of methoxy groups -OCH3 is 1. The van der Waals surface area contributed by atoms with Crippen molar-refractivity contribution in [2.75, 3.05) is 26.7 Å². The molecule has 1 aliphatic heterocycles. The number of aryl methyl sites for hydroxylation is 1. The Kier molecular flexibility index (Phi) is 6.73. The molecule has 0 amide bonds. The van der Waals surface area contributed by atoms with E-state index in [2.05, 4.69) is 47.6 Å². The molecule has 3 aromatic rings. The van der Waals surface area contributed by atoms with Crippen molar-refractivity contribution in [2.45, 2.75) is 19.5 Å². The van der Waals surface area contributed by atoms with E-state index in [0.717, 1.165) is 43.3 Å². The molecule has 2 heterocycles. The molecule has 28 heavy (non-hydrogen) atoms. The summed E-state index contributed by atoms with van der Waals surface area (Å²) in [5, 5.41) is 8.26. The molecule has 0 bridgehead atoms. The van der Waals surface area contributed by atoms with Crippen LogP contribution in [-0.2, 0) is 6.54 Å². The SMILES string of the molecule is COc1ccccc1C1CNCCN1Cc1cn(-c2ccccc2)nc1C.Cl. The molecule has 0 radical (unpaired) electrons. The van der Waals surface area contributed by atoms with E-state index in [9.17, 15) is 0 Å². The minimum atomic E-state index is 0. The van der Waals surface area contributed by atoms with Crippen LogP contribution in [0.15, 0.2) is 60.8 Å². The Bertz CT molecular complexity index is 897. The number of halogens is 1. The van der Waals surface area contributed by atoms with Crippen molar-refractivity contribution in [3.63, 3.8) is 0 Å². The first kappa shape index (κ1) is 20.4. The van der Waals surface area contributed by atoms with Gasteiger partial charge in [0, 0.05) is 43.5 Å². The minimum Gasteiger partial charge on any atom is -0.496 e. The number of nitrogens with zero attached hydrogens (tertiary/aromatic N) is 3. The van der Waals surface area contributed by atoms with Gasteiger partial charge in [0.1, 0.15) is 5.75 Å². The van der Waals surface area contributed by atoms with Crippen molar-refractivity contribution in [1.82, 2.24) is 20.0 Å². The van der Waals surface area contributed by atoms with Crippen LogP contribution in [0.5, 0.6) is 5.75 Å². The molecule has 0 spiro atoms. The number of piperazine rings is 1. The molecule has 5 nitrogen and oxygen atoms in total. The molecule has 1 aromatic heterocycles. The van der Waals surface area contributed by atoms with Crippen LogP contribution < -0.4 is 10.1 Å². The zero-order chi connectivity index (χ0) is 18.6. The molecular formula is C22H27ClN4O. The van der Waals surface area contributed by atoms with Gasteiger partial charge in [-0.2, -0.15) is 5.10 Å². The van der Waals surface area contributed by atoms with Crippen LogP contribution in [0.25, 0.3) is 5.69 Å². The highest BCUT2D eigenvalue weighted by Crippen LogP contribution is 2.31. The van der Waals surface area contributed by atoms with Crippen molar-refractivity contribution < 1.29 is 4.74 Å². The minimum absolute atomic E-state index is 0. The summed E-state index contributed by atoms with van der Waals surface area (Å²) in [7, 11) is 1.74. The summed E-state index contributed by atoms with van der Waals surface area (Å²) in [6, 6.07) is 18.9. The summed E-state index contributed by atoms with van der Waals surface area (Å²) >= 11 is 0. The quantitative estimate of drug-likeness (QED) is 0.710. The maximum Gasteiger partial charge on any atom is 0.123 e. The van der Waals surface area contributed by atoms with E-state index in [4.69, 9.17) is 9.84 Å². The van der Waals surface area contributed by atoms with E-state index >= 15 is 0 Å². The van der Waals surface area contributed by atoms with Crippen molar-refractivity contribution >= 4 is 12.4 Å². The van der Waals surface area contributed by atoms with Gasteiger partial charge in [-0.05, 0) is 25.1 Å². The molecule has 1 aliphatic rings. The van der Waals surface area contributed by atoms with Gasteiger partial charge < -0.3 is 10.1 Å². The van der Waals surface area contributed by atoms with Gasteiger partial charge in [-0.15, -0.1) is 12.4 Å². The average molecular weight is 399 g/mol. The molecule has 6 heteroatoms. The Morgan fingerprint density at radius 3 is 2.64 bits per heavy atom. The second kappa shape index (κ2) is 9.24. The molecule has 0 aliphatic carbocycles. The van der Waals surface area contributed by atoms with E-state index in [-0.39, 0.29) is 18.4 Å². The first-order valence-electron chi connectivity index (χ1n) is 9.44. The zero-order valence-corrected chi connectivity index (χ0v) is 17.2. The second-order valence-corrected chi connectivity index (χ2v) is 6.95. The Morgan fingerprint density at radius 2 is 1.86 bits per heavy atom. The number of hydrogen-bond acceptors (Lipinski definition) is 4. The first-order chi connectivity index (χ1) is 13.3. The third-order valence-electron chi connectivity index (χ3n) is 5.25. The molecule has 1 fully saturated rings. The van der Waals surface area contributed by atoms with Gasteiger partial charge in [0.2, 0.25) is 0 Å². The first-order valence-corrected chi connectivity index (χ1v) is 9.44. The number of ether oxygens (including phenoxy) is 1. The van der Waals surface area contributed by atoms with Gasteiger partial charge >= 0.3 is 0 Å². The van der Waals surface area contributed by atoms with Gasteiger partial charge in [0.15, 0.2) is 0 Å². The summed E-state index contributed by atoms with van der Waals surface area (Å²) in [5.41, 5.74) is 4.67. The van der Waals surface area contributed by atoms with Crippen LogP contribution >= 0.6 is 12.4 Å². The predicted octanol–water partition coefficient (Wildman–Crippen LogP) is 3.76. The van der Waals surface area contributed by atoms with E-state index in [1.807, 2.05) is 35.0 Å². The summed E-state index contributed by atoms with van der Waals surface area (Å²) < 4.78 is 7.59. The van der Waals surface area contributed by atoms with Gasteiger partial charge in [0.25, 0.3) is 0 Å². The van der Waals surface area contributed by atoms with Crippen molar-refractivity contribution in [1.29, 1.82) is 0 Å². The Labute approximate surface area is 172 Å². The van der Waals surface area contributed by atoms with Gasteiger partial charge in [0.05, 0.1) is 24.5 Å². The number of rotatable bonds is 5. The summed E-state index contributed by atoms with van der Waals surface area (Å²) in [5.74, 6) is 0.952. The van der Waals surface area contributed by atoms with Gasteiger partial charge in [-0.1, -0.05) is 36.4 Å². The summed E-state index contributed by atoms with van der Waals surface area (Å²) in [6.07, 6.45) is 2.16. The lowest BCUT2D eigenvalue weighted by atomic mass is 10.0. The van der Waals surface area contributed by atoms with Crippen molar-refractivity contribution in [2.24, 2.45) is 0 Å². The predicted molar refractivity (Wildman–Crippen MR) is 115 cm³/mol. The number of para-hydroxylation sites is 2. The van der Waals surface area contributed by atoms with Crippen LogP contribution in [0, 0.1) is 6.92 Å². The smallest absolute Gasteiger partial charge is 0.123 e. The maximum absolute atomic E-state index is 5.61. The lowest BCUT2D eigenvalue weighted by Gasteiger charge is -2.37. The standard InChI is InChI=1S/C22H26N4O.ClH/c1-17-18(16-26(24-17)19-8-4-3-5-9-19)15-25-13-12-23-14-21(25)20-10-6-7-11-22(20)27-2;/h3-11,16,21,23H,12-15H2,1-2H3;1H. The van der Waals surface area contributed by atoms with Crippen LogP contribution in [0.2, 0.25) is 0 Å².